The first-order chi connectivity index (χ1) is 20.2. The van der Waals surface area contributed by atoms with Gasteiger partial charge >= 0.3 is 0 Å². The van der Waals surface area contributed by atoms with Crippen LogP contribution in [0.4, 0.5) is 15.8 Å². The summed E-state index contributed by atoms with van der Waals surface area (Å²) in [7, 11) is 0. The van der Waals surface area contributed by atoms with E-state index >= 15 is 0 Å². The van der Waals surface area contributed by atoms with Crippen LogP contribution in [0, 0.1) is 42.5 Å². The number of rotatable bonds is 3. The molecule has 3 aromatic rings. The minimum absolute atomic E-state index is 0.236. The van der Waals surface area contributed by atoms with Crippen molar-refractivity contribution in [3.63, 3.8) is 0 Å². The molecule has 2 saturated heterocycles. The molecule has 4 aliphatic rings. The van der Waals surface area contributed by atoms with Gasteiger partial charge in [0.2, 0.25) is 23.6 Å². The van der Waals surface area contributed by atoms with Gasteiger partial charge in [0.15, 0.2) is 11.6 Å². The van der Waals surface area contributed by atoms with Gasteiger partial charge in [0.25, 0.3) is 0 Å². The van der Waals surface area contributed by atoms with Gasteiger partial charge in [-0.3, -0.25) is 29.0 Å². The average Bonchev–Trinajstić information content (AvgIpc) is 3.38. The molecule has 10 heteroatoms. The summed E-state index contributed by atoms with van der Waals surface area (Å²) in [6, 6.07) is 18.3. The van der Waals surface area contributed by atoms with Crippen LogP contribution >= 0.6 is 45.2 Å². The zero-order valence-electron chi connectivity index (χ0n) is 21.9. The number of carbonyl (C=O) groups excluding carboxylic acids is 4. The number of phenolic OH excluding ortho intramolecular Hbond substituents is 1. The molecular weight excluding hydrogens is 765 g/mol. The second kappa shape index (κ2) is 10.2. The van der Waals surface area contributed by atoms with Crippen LogP contribution in [-0.2, 0) is 19.2 Å². The molecule has 1 saturated carbocycles. The maximum atomic E-state index is 14.7. The number of aromatic hydroxyl groups is 1. The fraction of sp³-hybridized carbons (Fsp3) is 0.250. The molecule has 2 aliphatic heterocycles. The summed E-state index contributed by atoms with van der Waals surface area (Å²) in [4.78, 5) is 58.1. The molecule has 2 aliphatic carbocycles. The summed E-state index contributed by atoms with van der Waals surface area (Å²) >= 11 is 4.31. The number of nitrogens with zero attached hydrogens (tertiary/aromatic N) is 2. The topological polar surface area (TPSA) is 95.0 Å². The van der Waals surface area contributed by atoms with Crippen molar-refractivity contribution < 1.29 is 28.7 Å². The molecule has 7 nitrogen and oxygen atoms in total. The smallest absolute Gasteiger partial charge is 0.238 e. The van der Waals surface area contributed by atoms with Crippen molar-refractivity contribution >= 4 is 80.2 Å². The number of amides is 4. The lowest BCUT2D eigenvalue weighted by molar-refractivity contribution is -0.126. The molecule has 7 rings (SSSR count). The Morgan fingerprint density at radius 1 is 0.690 bits per heavy atom. The highest BCUT2D eigenvalue weighted by molar-refractivity contribution is 14.1. The second-order valence-corrected chi connectivity index (χ2v) is 13.7. The summed E-state index contributed by atoms with van der Waals surface area (Å²) < 4.78 is 16.6. The van der Waals surface area contributed by atoms with Gasteiger partial charge in [-0.15, -0.1) is 0 Å². The third-order valence-electron chi connectivity index (χ3n) is 9.15. The average molecular weight is 788 g/mol. The number of carbonyl (C=O) groups is 4. The molecule has 6 atom stereocenters. The van der Waals surface area contributed by atoms with Crippen molar-refractivity contribution in [2.45, 2.75) is 18.8 Å². The van der Waals surface area contributed by atoms with E-state index in [1.807, 2.05) is 30.3 Å². The van der Waals surface area contributed by atoms with Crippen LogP contribution in [0.15, 0.2) is 78.4 Å². The highest BCUT2D eigenvalue weighted by Crippen LogP contribution is 2.58. The largest absolute Gasteiger partial charge is 0.505 e. The van der Waals surface area contributed by atoms with Crippen molar-refractivity contribution in [3.05, 3.63) is 96.9 Å². The number of halogens is 3. The standard InChI is InChI=1S/C32H23FI2N2O5/c33-24-13-15(1-12-25(24)38)26-20-10-11-21-27(31(41)36(29(21)39)18-6-2-16(34)3-7-18)22(20)14-23-28(26)32(42)37(30(23)40)19-8-4-17(35)5-9-19/h1-10,12-13,21-23,26-28,38H,11,14H2/t21-,22+,23+,26-,27-,28+/m0/s1. The number of fused-ring (bicyclic) bond motifs is 4. The van der Waals surface area contributed by atoms with E-state index in [1.54, 1.807) is 30.3 Å². The summed E-state index contributed by atoms with van der Waals surface area (Å²) in [6.45, 7) is 0. The lowest BCUT2D eigenvalue weighted by Crippen LogP contribution is -2.43. The lowest BCUT2D eigenvalue weighted by Gasteiger charge is -2.44. The first-order valence-corrected chi connectivity index (χ1v) is 15.8. The van der Waals surface area contributed by atoms with Gasteiger partial charge in [-0.05, 0) is 130 Å². The Balaban J connectivity index is 1.33. The van der Waals surface area contributed by atoms with Crippen LogP contribution in [0.2, 0.25) is 0 Å². The number of allylic oxidation sites excluding steroid dienone is 2. The summed E-state index contributed by atoms with van der Waals surface area (Å²) in [6.07, 6.45) is 2.46. The Labute approximate surface area is 268 Å². The molecule has 0 unspecified atom stereocenters. The summed E-state index contributed by atoms with van der Waals surface area (Å²) in [5.41, 5.74) is 2.19. The lowest BCUT2D eigenvalue weighted by atomic mass is 9.57. The molecule has 1 N–H and O–H groups in total. The molecule has 4 amide bonds. The van der Waals surface area contributed by atoms with Gasteiger partial charge in [-0.25, -0.2) is 4.39 Å². The Morgan fingerprint density at radius 2 is 1.24 bits per heavy atom. The fourth-order valence-electron chi connectivity index (χ4n) is 7.37. The molecule has 212 valence electrons. The van der Waals surface area contributed by atoms with Crippen LogP contribution in [-0.4, -0.2) is 28.7 Å². The molecular formula is C32H23FI2N2O5. The van der Waals surface area contributed by atoms with Crippen LogP contribution in [0.5, 0.6) is 5.75 Å². The molecule has 3 aromatic carbocycles. The maximum Gasteiger partial charge on any atom is 0.238 e. The molecule has 0 bridgehead atoms. The number of phenols is 1. The quantitative estimate of drug-likeness (QED) is 0.206. The number of benzene rings is 3. The monoisotopic (exact) mass is 788 g/mol. The highest BCUT2D eigenvalue weighted by atomic mass is 127. The van der Waals surface area contributed by atoms with E-state index in [1.165, 1.54) is 21.9 Å². The molecule has 0 radical (unpaired) electrons. The first-order valence-electron chi connectivity index (χ1n) is 13.6. The molecule has 0 spiro atoms. The summed E-state index contributed by atoms with van der Waals surface area (Å²) in [5.74, 6) is -6.68. The minimum atomic E-state index is -0.830. The van der Waals surface area contributed by atoms with E-state index < -0.39 is 47.1 Å². The second-order valence-electron chi connectivity index (χ2n) is 11.2. The Kier molecular flexibility index (Phi) is 6.76. The summed E-state index contributed by atoms with van der Waals surface area (Å²) in [5, 5.41) is 9.90. The SMILES string of the molecule is O=C1[C@H]2[C@H](CC=C3[C@H]2C[C@H]2C(=O)N(c4ccc(I)cc4)C(=O)[C@H]2[C@H]3c2ccc(O)c(F)c2)C(=O)N1c1ccc(I)cc1. The zero-order valence-corrected chi connectivity index (χ0v) is 26.2. The Morgan fingerprint density at radius 3 is 1.81 bits per heavy atom. The molecule has 0 aromatic heterocycles. The molecule has 3 fully saturated rings. The van der Waals surface area contributed by atoms with Gasteiger partial charge in [-0.2, -0.15) is 0 Å². The van der Waals surface area contributed by atoms with E-state index in [2.05, 4.69) is 45.2 Å². The van der Waals surface area contributed by atoms with Crippen LogP contribution in [0.1, 0.15) is 24.3 Å². The van der Waals surface area contributed by atoms with E-state index in [0.29, 0.717) is 23.4 Å². The Hall–Kier alpha value is -3.13. The van der Waals surface area contributed by atoms with Gasteiger partial charge < -0.3 is 5.11 Å². The van der Waals surface area contributed by atoms with E-state index in [-0.39, 0.29) is 30.0 Å². The first kappa shape index (κ1) is 27.7. The van der Waals surface area contributed by atoms with Crippen LogP contribution in [0.25, 0.3) is 0 Å². The van der Waals surface area contributed by atoms with Gasteiger partial charge in [0, 0.05) is 13.1 Å². The fourth-order valence-corrected chi connectivity index (χ4v) is 8.09. The molecule has 2 heterocycles. The predicted molar refractivity (Wildman–Crippen MR) is 169 cm³/mol. The molecule has 42 heavy (non-hydrogen) atoms. The maximum absolute atomic E-state index is 14.7. The van der Waals surface area contributed by atoms with Gasteiger partial charge in [-0.1, -0.05) is 17.7 Å². The van der Waals surface area contributed by atoms with Crippen LogP contribution < -0.4 is 9.80 Å². The normalized spacial score (nSPS) is 28.5. The van der Waals surface area contributed by atoms with Crippen molar-refractivity contribution in [1.29, 1.82) is 0 Å². The van der Waals surface area contributed by atoms with Crippen molar-refractivity contribution in [2.75, 3.05) is 9.80 Å². The third-order valence-corrected chi connectivity index (χ3v) is 10.6. The van der Waals surface area contributed by atoms with E-state index in [0.717, 1.165) is 12.7 Å². The number of hydrogen-bond acceptors (Lipinski definition) is 5. The van der Waals surface area contributed by atoms with Crippen molar-refractivity contribution in [2.24, 2.45) is 29.6 Å². The Bertz CT molecular complexity index is 1710. The number of anilines is 2. The van der Waals surface area contributed by atoms with E-state index in [4.69, 9.17) is 0 Å². The number of imide groups is 2. The third kappa shape index (κ3) is 4.15. The van der Waals surface area contributed by atoms with Crippen molar-refractivity contribution in [3.8, 4) is 5.75 Å². The van der Waals surface area contributed by atoms with Crippen molar-refractivity contribution in [1.82, 2.24) is 0 Å². The van der Waals surface area contributed by atoms with Gasteiger partial charge in [0.1, 0.15) is 0 Å². The number of hydrogen-bond donors (Lipinski definition) is 1. The van der Waals surface area contributed by atoms with E-state index in [9.17, 15) is 28.7 Å². The highest BCUT2D eigenvalue weighted by Gasteiger charge is 2.62. The predicted octanol–water partition coefficient (Wildman–Crippen LogP) is 5.79. The van der Waals surface area contributed by atoms with Crippen LogP contribution in [0.3, 0.4) is 0 Å². The van der Waals surface area contributed by atoms with Gasteiger partial charge in [0.05, 0.1) is 35.0 Å². The minimum Gasteiger partial charge on any atom is -0.505 e. The zero-order chi connectivity index (χ0) is 29.4.